The standard InChI is InChI=1S/C54H33BrN2S/c55-40-22-18-34(19-23-40)37-28-38(35-21-27-51-48(31-35)44-13-5-8-16-50(44)56(51)41-10-2-1-3-11-41)30-39(29-37)36-20-25-45-43-12-4-7-15-49(43)57(52(45)32-36)42-24-26-47-46-14-6-9-17-53(46)58-54(47)33-42/h1-33H. The molecule has 0 radical (unpaired) electrons. The average Bonchev–Trinajstić information content (AvgIpc) is 3.93. The summed E-state index contributed by atoms with van der Waals surface area (Å²) in [5.41, 5.74) is 14.3. The Balaban J connectivity index is 1.06. The van der Waals surface area contributed by atoms with Gasteiger partial charge < -0.3 is 9.13 Å². The Morgan fingerprint density at radius 2 is 0.810 bits per heavy atom. The summed E-state index contributed by atoms with van der Waals surface area (Å²) in [6.45, 7) is 0. The van der Waals surface area contributed by atoms with Gasteiger partial charge in [-0.3, -0.25) is 0 Å². The van der Waals surface area contributed by atoms with E-state index >= 15 is 0 Å². The van der Waals surface area contributed by atoms with Gasteiger partial charge in [0.15, 0.2) is 0 Å². The number of thiophene rings is 1. The molecule has 0 saturated carbocycles. The van der Waals surface area contributed by atoms with E-state index in [9.17, 15) is 0 Å². The van der Waals surface area contributed by atoms with Crippen LogP contribution in [0.3, 0.4) is 0 Å². The van der Waals surface area contributed by atoms with E-state index < -0.39 is 0 Å². The summed E-state index contributed by atoms with van der Waals surface area (Å²) in [4.78, 5) is 0. The van der Waals surface area contributed by atoms with Crippen LogP contribution in [0.1, 0.15) is 0 Å². The van der Waals surface area contributed by atoms with Gasteiger partial charge in [0.1, 0.15) is 0 Å². The lowest BCUT2D eigenvalue weighted by atomic mass is 9.92. The summed E-state index contributed by atoms with van der Waals surface area (Å²) in [7, 11) is 0. The third-order valence-electron chi connectivity index (χ3n) is 11.8. The van der Waals surface area contributed by atoms with Crippen LogP contribution in [-0.2, 0) is 0 Å². The van der Waals surface area contributed by atoms with Crippen LogP contribution >= 0.6 is 27.3 Å². The van der Waals surface area contributed by atoms with Crippen molar-refractivity contribution in [2.45, 2.75) is 0 Å². The van der Waals surface area contributed by atoms with E-state index in [1.54, 1.807) is 0 Å². The maximum Gasteiger partial charge on any atom is 0.0547 e. The lowest BCUT2D eigenvalue weighted by molar-refractivity contribution is 1.18. The zero-order valence-electron chi connectivity index (χ0n) is 31.2. The molecule has 12 rings (SSSR count). The molecule has 12 aromatic rings. The van der Waals surface area contributed by atoms with Crippen LogP contribution in [0.2, 0.25) is 0 Å². The van der Waals surface area contributed by atoms with Crippen LogP contribution in [0.5, 0.6) is 0 Å². The predicted molar refractivity (Wildman–Crippen MR) is 252 cm³/mol. The van der Waals surface area contributed by atoms with Crippen LogP contribution in [0, 0.1) is 0 Å². The third kappa shape index (κ3) is 5.30. The minimum atomic E-state index is 1.07. The summed E-state index contributed by atoms with van der Waals surface area (Å²) in [5, 5.41) is 7.63. The first-order chi connectivity index (χ1) is 28.6. The van der Waals surface area contributed by atoms with Crippen LogP contribution in [0.4, 0.5) is 0 Å². The van der Waals surface area contributed by atoms with Crippen LogP contribution in [0.15, 0.2) is 205 Å². The molecule has 0 aliphatic carbocycles. The number of fused-ring (bicyclic) bond motifs is 9. The van der Waals surface area contributed by atoms with Gasteiger partial charge in [0.25, 0.3) is 0 Å². The Labute approximate surface area is 347 Å². The molecule has 0 atom stereocenters. The topological polar surface area (TPSA) is 9.86 Å². The second-order valence-electron chi connectivity index (χ2n) is 15.1. The molecule has 3 aromatic heterocycles. The molecule has 0 amide bonds. The normalized spacial score (nSPS) is 11.9. The van der Waals surface area contributed by atoms with Crippen molar-refractivity contribution in [2.24, 2.45) is 0 Å². The van der Waals surface area contributed by atoms with Gasteiger partial charge in [0, 0.05) is 57.6 Å². The second-order valence-corrected chi connectivity index (χ2v) is 17.1. The molecule has 58 heavy (non-hydrogen) atoms. The van der Waals surface area contributed by atoms with Crippen molar-refractivity contribution in [1.82, 2.24) is 9.13 Å². The van der Waals surface area contributed by atoms with Crippen LogP contribution in [0.25, 0.3) is 109 Å². The van der Waals surface area contributed by atoms with Gasteiger partial charge in [0.05, 0.1) is 22.1 Å². The summed E-state index contributed by atoms with van der Waals surface area (Å²) < 4.78 is 8.52. The number of para-hydroxylation sites is 3. The highest BCUT2D eigenvalue weighted by molar-refractivity contribution is 9.10. The molecular formula is C54H33BrN2S. The van der Waals surface area contributed by atoms with Crippen LogP contribution < -0.4 is 0 Å². The highest BCUT2D eigenvalue weighted by Crippen LogP contribution is 2.41. The molecule has 4 heteroatoms. The fraction of sp³-hybridized carbons (Fsp3) is 0. The van der Waals surface area contributed by atoms with E-state index in [2.05, 4.69) is 225 Å². The van der Waals surface area contributed by atoms with E-state index in [-0.39, 0.29) is 0 Å². The minimum Gasteiger partial charge on any atom is -0.309 e. The molecular weight excluding hydrogens is 789 g/mol. The maximum atomic E-state index is 3.66. The first-order valence-electron chi connectivity index (χ1n) is 19.6. The van der Waals surface area contributed by atoms with Gasteiger partial charge in [-0.05, 0) is 124 Å². The fourth-order valence-corrected chi connectivity index (χ4v) is 10.5. The zero-order valence-corrected chi connectivity index (χ0v) is 33.6. The van der Waals surface area contributed by atoms with Crippen molar-refractivity contribution < 1.29 is 0 Å². The van der Waals surface area contributed by atoms with Crippen molar-refractivity contribution in [3.63, 3.8) is 0 Å². The lowest BCUT2D eigenvalue weighted by Crippen LogP contribution is -1.94. The van der Waals surface area contributed by atoms with Gasteiger partial charge in [-0.25, -0.2) is 0 Å². The molecule has 0 bridgehead atoms. The Bertz CT molecular complexity index is 3570. The number of rotatable bonds is 5. The van der Waals surface area contributed by atoms with Crippen molar-refractivity contribution in [1.29, 1.82) is 0 Å². The first kappa shape index (κ1) is 33.4. The predicted octanol–water partition coefficient (Wildman–Crippen LogP) is 16.0. The van der Waals surface area contributed by atoms with Crippen molar-refractivity contribution in [3.05, 3.63) is 205 Å². The third-order valence-corrected chi connectivity index (χ3v) is 13.4. The van der Waals surface area contributed by atoms with Gasteiger partial charge in [0.2, 0.25) is 0 Å². The van der Waals surface area contributed by atoms with Gasteiger partial charge in [-0.1, -0.05) is 125 Å². The molecule has 3 heterocycles. The molecule has 0 aliphatic rings. The van der Waals surface area contributed by atoms with Crippen LogP contribution in [-0.4, -0.2) is 9.13 Å². The average molecular weight is 822 g/mol. The van der Waals surface area contributed by atoms with Crippen molar-refractivity contribution in [3.8, 4) is 44.8 Å². The van der Waals surface area contributed by atoms with E-state index in [0.717, 1.165) is 10.2 Å². The molecule has 272 valence electrons. The first-order valence-corrected chi connectivity index (χ1v) is 21.2. The summed E-state index contributed by atoms with van der Waals surface area (Å²) >= 11 is 5.53. The Hall–Kier alpha value is -6.72. The number of benzene rings is 9. The summed E-state index contributed by atoms with van der Waals surface area (Å²) in [5.74, 6) is 0. The molecule has 0 unspecified atom stereocenters. The van der Waals surface area contributed by atoms with E-state index in [4.69, 9.17) is 0 Å². The highest BCUT2D eigenvalue weighted by atomic mass is 79.9. The van der Waals surface area contributed by atoms with E-state index in [1.165, 1.54) is 103 Å². The van der Waals surface area contributed by atoms with E-state index in [1.807, 2.05) is 11.3 Å². The Morgan fingerprint density at radius 3 is 1.57 bits per heavy atom. The van der Waals surface area contributed by atoms with Crippen molar-refractivity contribution >= 4 is 91.1 Å². The molecule has 0 saturated heterocycles. The molecule has 0 fully saturated rings. The second kappa shape index (κ2) is 13.2. The zero-order chi connectivity index (χ0) is 38.3. The lowest BCUT2D eigenvalue weighted by Gasteiger charge is -2.13. The Morgan fingerprint density at radius 1 is 0.293 bits per heavy atom. The SMILES string of the molecule is Brc1ccc(-c2cc(-c3ccc4c(c3)c3ccccc3n4-c3ccccc3)cc(-c3ccc4c5ccccc5n(-c5ccc6c(c5)sc5ccccc56)c4c3)c2)cc1. The number of halogens is 1. The molecule has 0 N–H and O–H groups in total. The smallest absolute Gasteiger partial charge is 0.0547 e. The van der Waals surface area contributed by atoms with Gasteiger partial charge in [-0.15, -0.1) is 11.3 Å². The monoisotopic (exact) mass is 820 g/mol. The molecule has 9 aromatic carbocycles. The number of aromatic nitrogens is 2. The number of nitrogens with zero attached hydrogens (tertiary/aromatic N) is 2. The summed E-state index contributed by atoms with van der Waals surface area (Å²) in [6, 6.07) is 73.6. The molecule has 2 nitrogen and oxygen atoms in total. The largest absolute Gasteiger partial charge is 0.309 e. The maximum absolute atomic E-state index is 3.66. The molecule has 0 spiro atoms. The van der Waals surface area contributed by atoms with Gasteiger partial charge in [-0.2, -0.15) is 0 Å². The highest BCUT2D eigenvalue weighted by Gasteiger charge is 2.17. The summed E-state index contributed by atoms with van der Waals surface area (Å²) in [6.07, 6.45) is 0. The fourth-order valence-electron chi connectivity index (χ4n) is 9.06. The number of hydrogen-bond acceptors (Lipinski definition) is 1. The minimum absolute atomic E-state index is 1.07. The van der Waals surface area contributed by atoms with Gasteiger partial charge >= 0.3 is 0 Å². The Kier molecular flexibility index (Phi) is 7.59. The van der Waals surface area contributed by atoms with E-state index in [0.29, 0.717) is 0 Å². The quantitative estimate of drug-likeness (QED) is 0.164. The number of hydrogen-bond donors (Lipinski definition) is 0. The van der Waals surface area contributed by atoms with Crippen molar-refractivity contribution in [2.75, 3.05) is 0 Å². The molecule has 0 aliphatic heterocycles.